The Morgan fingerprint density at radius 3 is 1.34 bits per heavy atom. The van der Waals surface area contributed by atoms with Crippen LogP contribution in [0.25, 0.3) is 0 Å². The number of amides is 13. The lowest BCUT2D eigenvalue weighted by Gasteiger charge is -2.32. The van der Waals surface area contributed by atoms with Gasteiger partial charge in [-0.2, -0.15) is 29.4 Å². The Hall–Kier alpha value is -7.00. The van der Waals surface area contributed by atoms with E-state index in [0.717, 1.165) is 25.7 Å². The monoisotopic (exact) mass is 1280 g/mol. The second-order valence-electron chi connectivity index (χ2n) is 20.1. The first-order valence-corrected chi connectivity index (χ1v) is 29.5. The van der Waals surface area contributed by atoms with Gasteiger partial charge in [-0.05, 0) is 58.8 Å². The number of carboxylic acid groups (broad SMARTS) is 1. The molecule has 0 saturated carbocycles. The number of aliphatic hydroxyl groups excluding tert-OH is 2. The number of carboxylic acids is 1. The van der Waals surface area contributed by atoms with Crippen LogP contribution in [0.4, 0.5) is 0 Å². The highest BCUT2D eigenvalue weighted by Gasteiger charge is 2.47. The third kappa shape index (κ3) is 27.1. The number of aliphatic hydroxyl groups is 2. The van der Waals surface area contributed by atoms with Crippen LogP contribution in [0.15, 0.2) is 0 Å². The molecule has 28 N–H and O–H groups in total. The summed E-state index contributed by atoms with van der Waals surface area (Å²) in [6.45, 7) is 4.51. The second-order valence-corrected chi connectivity index (χ2v) is 22.5. The molecular weight excluding hydrogens is 1200 g/mol. The first kappa shape index (κ1) is 77.0. The van der Waals surface area contributed by atoms with Gasteiger partial charge < -0.3 is 91.4 Å². The van der Waals surface area contributed by atoms with Crippen molar-refractivity contribution in [3.8, 4) is 0 Å². The first-order chi connectivity index (χ1) is 39.6. The summed E-state index contributed by atoms with van der Waals surface area (Å²) in [5, 5.41) is 46.4. The molecule has 488 valence electrons. The summed E-state index contributed by atoms with van der Waals surface area (Å²) in [7, 11) is -10.6. The molecule has 1 fully saturated rings. The smallest absolute Gasteiger partial charge is 0.480 e. The van der Waals surface area contributed by atoms with Crippen molar-refractivity contribution in [2.24, 2.45) is 28.9 Å². The number of nitrogens with zero attached hydrogens (tertiary/aromatic N) is 1. The molecule has 1 rings (SSSR count). The van der Waals surface area contributed by atoms with E-state index < -0.39 is 235 Å². The SMILES string of the molecule is CC[C@H](C)[C@H](NC(=O)[C@@H]([NH3+])CC(N)=O)C(=O)N[C@H](C(=O)N[C@@H](CCC(N)=O)C(=O)N1CCC[C@H]1C(=O)N[C@H](C(=O)N[C@@H](CCC(N)=O)C(=O)N[C@@H](CCC(N)=O)C(=O)N[C@@H](CO)C(=O)N[C@H](C(=O)O)[C@@H](C)O)[C@@H](C)O[P+](O)(O)O)[C@@H](C)O[P+](O)(O)O. The van der Waals surface area contributed by atoms with Crippen LogP contribution in [0.3, 0.4) is 0 Å². The largest absolute Gasteiger partial charge is 0.567 e. The molecular formula is C45H81N14O25P2+3. The predicted molar refractivity (Wildman–Crippen MR) is 290 cm³/mol. The fraction of sp³-hybridized carbons (Fsp3) is 0.689. The molecule has 0 bridgehead atoms. The number of aliphatic carboxylic acids is 1. The number of hydrogen-bond donors (Lipinski definition) is 22. The van der Waals surface area contributed by atoms with E-state index >= 15 is 0 Å². The average molecular weight is 1280 g/mol. The summed E-state index contributed by atoms with van der Waals surface area (Å²) < 4.78 is 9.64. The van der Waals surface area contributed by atoms with Crippen LogP contribution in [0, 0.1) is 5.92 Å². The summed E-state index contributed by atoms with van der Waals surface area (Å²) in [5.41, 5.74) is 24.7. The maximum atomic E-state index is 14.5. The fourth-order valence-electron chi connectivity index (χ4n) is 8.22. The number of rotatable bonds is 39. The molecule has 0 aromatic carbocycles. The summed E-state index contributed by atoms with van der Waals surface area (Å²) in [5.74, 6) is -17.8. The molecule has 0 spiro atoms. The van der Waals surface area contributed by atoms with Crippen molar-refractivity contribution in [3.05, 3.63) is 0 Å². The quantitative estimate of drug-likeness (QED) is 0.0254. The Bertz CT molecular complexity index is 2450. The van der Waals surface area contributed by atoms with Crippen LogP contribution >= 0.6 is 16.3 Å². The number of carbonyl (C=O) groups excluding carboxylic acids is 13. The van der Waals surface area contributed by atoms with Gasteiger partial charge in [-0.15, -0.1) is 9.05 Å². The Morgan fingerprint density at radius 1 is 0.547 bits per heavy atom. The topological polar surface area (TPSA) is 671 Å². The first-order valence-electron chi connectivity index (χ1n) is 26.4. The van der Waals surface area contributed by atoms with E-state index in [9.17, 15) is 112 Å². The molecule has 86 heavy (non-hydrogen) atoms. The van der Waals surface area contributed by atoms with Gasteiger partial charge in [-0.25, -0.2) is 4.79 Å². The molecule has 1 saturated heterocycles. The van der Waals surface area contributed by atoms with Crippen LogP contribution in [0.5, 0.6) is 0 Å². The van der Waals surface area contributed by atoms with Gasteiger partial charge >= 0.3 is 22.3 Å². The van der Waals surface area contributed by atoms with Crippen LogP contribution in [-0.2, 0) is 76.2 Å². The van der Waals surface area contributed by atoms with E-state index in [1.807, 2.05) is 10.6 Å². The highest BCUT2D eigenvalue weighted by atomic mass is 31.2. The van der Waals surface area contributed by atoms with Crippen molar-refractivity contribution < 1.29 is 127 Å². The van der Waals surface area contributed by atoms with Crippen molar-refractivity contribution in [3.63, 3.8) is 0 Å². The Labute approximate surface area is 491 Å². The van der Waals surface area contributed by atoms with Gasteiger partial charge in [0.2, 0.25) is 70.9 Å². The molecule has 39 nitrogen and oxygen atoms in total. The number of nitrogens with one attached hydrogen (secondary N) is 8. The Kier molecular flexibility index (Phi) is 31.9. The van der Waals surface area contributed by atoms with Crippen molar-refractivity contribution in [1.82, 2.24) is 47.4 Å². The number of hydrogen-bond acceptors (Lipinski definition) is 24. The molecule has 0 aromatic rings. The predicted octanol–water partition coefficient (Wildman–Crippen LogP) is -11.2. The second kappa shape index (κ2) is 35.6. The van der Waals surface area contributed by atoms with Crippen molar-refractivity contribution >= 4 is 99.1 Å². The van der Waals surface area contributed by atoms with Crippen LogP contribution < -0.4 is 71.2 Å². The van der Waals surface area contributed by atoms with Gasteiger partial charge in [-0.1, -0.05) is 20.3 Å². The summed E-state index contributed by atoms with van der Waals surface area (Å²) >= 11 is 0. The maximum absolute atomic E-state index is 14.5. The van der Waals surface area contributed by atoms with E-state index in [1.165, 1.54) is 6.92 Å². The minimum atomic E-state index is -5.33. The van der Waals surface area contributed by atoms with E-state index in [1.54, 1.807) is 6.92 Å². The molecule has 0 unspecified atom stereocenters. The van der Waals surface area contributed by atoms with Crippen LogP contribution in [0.2, 0.25) is 0 Å². The minimum absolute atomic E-state index is 0.00519. The zero-order chi connectivity index (χ0) is 66.3. The van der Waals surface area contributed by atoms with Gasteiger partial charge in [0.05, 0.1) is 19.1 Å². The van der Waals surface area contributed by atoms with Gasteiger partial charge in [0.25, 0.3) is 5.91 Å². The molecule has 14 atom stereocenters. The van der Waals surface area contributed by atoms with Crippen LogP contribution in [0.1, 0.15) is 98.8 Å². The number of carbonyl (C=O) groups is 14. The third-order valence-electron chi connectivity index (χ3n) is 12.9. The Morgan fingerprint density at radius 2 is 0.930 bits per heavy atom. The van der Waals surface area contributed by atoms with E-state index in [4.69, 9.17) is 32.0 Å². The summed E-state index contributed by atoms with van der Waals surface area (Å²) in [4.78, 5) is 243. The molecule has 1 heterocycles. The van der Waals surface area contributed by atoms with Crippen molar-refractivity contribution in [1.29, 1.82) is 0 Å². The third-order valence-corrected chi connectivity index (χ3v) is 14.2. The lowest BCUT2D eigenvalue weighted by molar-refractivity contribution is -0.402. The molecule has 0 radical (unpaired) electrons. The van der Waals surface area contributed by atoms with Gasteiger partial charge in [0.1, 0.15) is 60.5 Å². The standard InChI is InChI=1S/C45H78N14O25P2/c1-6-18(2)32(55-36(66)22(46)16-31(50)65)41(71)58-35(21(5)84-86(80,81)82)43(73)53-25(11-14-30(49)64)44(74)59-15-7-8-27(59)40(70)57-34(20(4)83-85(77,78)79)42(72)52-24(10-13-29(48)63)37(67)51-23(9-12-28(47)62)38(68)54-26(17-60)39(69)56-33(19(3)61)45(75)76/h18-27,32-35,60-61,77-82H,6-17,46H2,1-5H3,(H15-2,47,48,49,50,51,52,53,54,55,56,57,58,62,63,64,65,66,67,68,69,70,71,72,73,75,76)/p+3/t18-,19+,20+,21+,22-,23-,24-,25-,26-,27-,32-,33-,34-,35-/m0/s1. The molecule has 0 aromatic heterocycles. The average Bonchev–Trinajstić information content (AvgIpc) is 3.01. The fourth-order valence-corrected chi connectivity index (χ4v) is 9.36. The van der Waals surface area contributed by atoms with Gasteiger partial charge in [-0.3, -0.25) is 62.3 Å². The molecule has 0 aliphatic carbocycles. The minimum Gasteiger partial charge on any atom is -0.480 e. The molecule has 1 aliphatic rings. The normalized spacial score (nSPS) is 17.9. The van der Waals surface area contributed by atoms with E-state index in [2.05, 4.69) is 37.6 Å². The highest BCUT2D eigenvalue weighted by Crippen LogP contribution is 2.48. The lowest BCUT2D eigenvalue weighted by Crippen LogP contribution is -2.70. The number of quaternary nitrogens is 1. The lowest BCUT2D eigenvalue weighted by atomic mass is 9.97. The zero-order valence-corrected chi connectivity index (χ0v) is 49.3. The van der Waals surface area contributed by atoms with E-state index in [0.29, 0.717) is 0 Å². The van der Waals surface area contributed by atoms with E-state index in [-0.39, 0.29) is 25.8 Å². The molecule has 1 aliphatic heterocycles. The highest BCUT2D eigenvalue weighted by molar-refractivity contribution is 7.53. The number of nitrogens with two attached hydrogens (primary N) is 4. The van der Waals surface area contributed by atoms with Crippen LogP contribution in [-0.4, -0.2) is 224 Å². The summed E-state index contributed by atoms with van der Waals surface area (Å²) in [6, 6.07) is -18.4. The van der Waals surface area contributed by atoms with Crippen molar-refractivity contribution in [2.45, 2.75) is 178 Å². The Balaban J connectivity index is 3.76. The number of likely N-dealkylation sites (tertiary alicyclic amines) is 1. The van der Waals surface area contributed by atoms with Gasteiger partial charge in [0.15, 0.2) is 12.1 Å². The maximum Gasteiger partial charge on any atom is 0.567 e. The van der Waals surface area contributed by atoms with Crippen molar-refractivity contribution in [2.75, 3.05) is 13.2 Å². The molecule has 13 amide bonds. The number of primary amides is 4. The zero-order valence-electron chi connectivity index (χ0n) is 47.5. The molecule has 41 heteroatoms. The summed E-state index contributed by atoms with van der Waals surface area (Å²) in [6.07, 6.45) is -10.1. The van der Waals surface area contributed by atoms with Gasteiger partial charge in [0, 0.05) is 25.8 Å².